The number of rotatable bonds is 9. The monoisotopic (exact) mass is 536 g/mol. The van der Waals surface area contributed by atoms with Gasteiger partial charge in [-0.15, -0.1) is 0 Å². The van der Waals surface area contributed by atoms with E-state index < -0.39 is 15.6 Å². The molecule has 0 aliphatic carbocycles. The molecule has 1 aliphatic heterocycles. The molecular weight excluding hydrogens is 492 g/mol. The molecule has 2 N–H and O–H groups in total. The van der Waals surface area contributed by atoms with Crippen LogP contribution < -0.4 is 10.6 Å². The van der Waals surface area contributed by atoms with Crippen LogP contribution in [0, 0.1) is 0 Å². The molecule has 0 bridgehead atoms. The smallest absolute Gasteiger partial charge is 0.410 e. The van der Waals surface area contributed by atoms with Crippen LogP contribution in [-0.2, 0) is 16.2 Å². The zero-order valence-electron chi connectivity index (χ0n) is 23.6. The molecule has 1 aliphatic rings. The Bertz CT molecular complexity index is 1090. The first-order chi connectivity index (χ1) is 17.3. The lowest BCUT2D eigenvalue weighted by atomic mass is 9.99. The molecule has 0 spiro atoms. The number of piperidine rings is 1. The van der Waals surface area contributed by atoms with Crippen molar-refractivity contribution in [3.63, 3.8) is 0 Å². The van der Waals surface area contributed by atoms with Crippen molar-refractivity contribution in [3.05, 3.63) is 18.0 Å². The van der Waals surface area contributed by atoms with E-state index in [-0.39, 0.29) is 24.1 Å². The molecule has 208 valence electrons. The molecule has 1 fully saturated rings. The maximum absolute atomic E-state index is 12.8. The summed E-state index contributed by atoms with van der Waals surface area (Å²) in [4.78, 5) is 36.5. The van der Waals surface area contributed by atoms with Crippen molar-refractivity contribution >= 4 is 39.0 Å². The van der Waals surface area contributed by atoms with Crippen molar-refractivity contribution in [3.8, 4) is 0 Å². The lowest BCUT2D eigenvalue weighted by Gasteiger charge is -2.38. The van der Waals surface area contributed by atoms with E-state index in [1.807, 2.05) is 39.2 Å². The largest absolute Gasteiger partial charge is 0.444 e. The van der Waals surface area contributed by atoms with Crippen LogP contribution >= 0.6 is 10.0 Å². The summed E-state index contributed by atoms with van der Waals surface area (Å²) in [6, 6.07) is 0.149. The standard InChI is InChI=1S/C26H44N6O4S/c1-9-27-24(33)20-16-31(17-35-12-13-37(6,7)8)23-22(20)30-21(15-28-23)29-19-10-11-32(18(2)14-19)25(34)36-26(3,4)5/h15-16,18-19H,9-14,17H2,1-8H3,(H,27,33)(H,29,30)/t18-,19+/m1/s1. The second-order valence-corrected chi connectivity index (χ2v) is 16.1. The van der Waals surface area contributed by atoms with Gasteiger partial charge in [0.25, 0.3) is 5.91 Å². The Morgan fingerprint density at radius 3 is 2.59 bits per heavy atom. The van der Waals surface area contributed by atoms with Gasteiger partial charge in [-0.2, -0.15) is 0 Å². The fraction of sp³-hybridized carbons (Fsp3) is 0.692. The van der Waals surface area contributed by atoms with Crippen LogP contribution in [0.25, 0.3) is 11.2 Å². The van der Waals surface area contributed by atoms with Crippen LogP contribution in [0.15, 0.2) is 12.4 Å². The fourth-order valence-electron chi connectivity index (χ4n) is 4.22. The highest BCUT2D eigenvalue weighted by atomic mass is 32.3. The van der Waals surface area contributed by atoms with E-state index in [4.69, 9.17) is 14.5 Å². The lowest BCUT2D eigenvalue weighted by Crippen LogP contribution is -2.49. The zero-order valence-corrected chi connectivity index (χ0v) is 24.4. The average molecular weight is 537 g/mol. The Hall–Kier alpha value is -2.53. The van der Waals surface area contributed by atoms with Crippen LogP contribution in [0.5, 0.6) is 0 Å². The topological polar surface area (TPSA) is 111 Å². The maximum Gasteiger partial charge on any atom is 0.410 e. The summed E-state index contributed by atoms with van der Waals surface area (Å²) in [5, 5.41) is 6.33. The number of amides is 2. The van der Waals surface area contributed by atoms with E-state index in [0.717, 1.165) is 18.6 Å². The number of fused-ring (bicyclic) bond motifs is 1. The molecule has 2 amide bonds. The molecule has 0 unspecified atom stereocenters. The minimum atomic E-state index is -0.640. The minimum Gasteiger partial charge on any atom is -0.444 e. The summed E-state index contributed by atoms with van der Waals surface area (Å²) in [5.74, 6) is 1.44. The molecule has 2 aromatic heterocycles. The Morgan fingerprint density at radius 1 is 1.24 bits per heavy atom. The highest BCUT2D eigenvalue weighted by molar-refractivity contribution is 8.32. The normalized spacial score (nSPS) is 19.1. The summed E-state index contributed by atoms with van der Waals surface area (Å²) in [6.45, 7) is 11.6. The number of aromatic nitrogens is 3. The van der Waals surface area contributed by atoms with E-state index in [2.05, 4.69) is 34.4 Å². The average Bonchev–Trinajstić information content (AvgIpc) is 3.13. The Labute approximate surface area is 222 Å². The fourth-order valence-corrected chi connectivity index (χ4v) is 4.84. The van der Waals surface area contributed by atoms with Gasteiger partial charge in [0.15, 0.2) is 5.65 Å². The molecule has 3 heterocycles. The van der Waals surface area contributed by atoms with Crippen LogP contribution in [-0.4, -0.2) is 93.3 Å². The third-order valence-corrected chi connectivity index (χ3v) is 7.47. The van der Waals surface area contributed by atoms with Crippen LogP contribution in [0.1, 0.15) is 57.8 Å². The number of hydrogen-bond donors (Lipinski definition) is 2. The number of likely N-dealkylation sites (tertiary alicyclic amines) is 1. The van der Waals surface area contributed by atoms with Crippen LogP contribution in [0.2, 0.25) is 0 Å². The lowest BCUT2D eigenvalue weighted by molar-refractivity contribution is 0.0112. The first-order valence-electron chi connectivity index (χ1n) is 12.9. The van der Waals surface area contributed by atoms with Gasteiger partial charge < -0.3 is 29.6 Å². The third kappa shape index (κ3) is 8.23. The summed E-state index contributed by atoms with van der Waals surface area (Å²) in [6.07, 6.45) is 11.5. The molecule has 1 saturated heterocycles. The molecule has 0 saturated carbocycles. The van der Waals surface area contributed by atoms with Crippen molar-refractivity contribution in [2.24, 2.45) is 0 Å². The third-order valence-electron chi connectivity index (χ3n) is 6.07. The number of anilines is 1. The highest BCUT2D eigenvalue weighted by Crippen LogP contribution is 2.33. The number of nitrogens with one attached hydrogen (secondary N) is 2. The molecule has 37 heavy (non-hydrogen) atoms. The predicted octanol–water partition coefficient (Wildman–Crippen LogP) is 4.05. The summed E-state index contributed by atoms with van der Waals surface area (Å²) in [7, 11) is -0.640. The molecule has 10 nitrogen and oxygen atoms in total. The zero-order chi connectivity index (χ0) is 27.4. The van der Waals surface area contributed by atoms with E-state index in [0.29, 0.717) is 49.0 Å². The molecular formula is C26H44N6O4S. The van der Waals surface area contributed by atoms with Crippen molar-refractivity contribution < 1.29 is 19.1 Å². The first kappa shape index (κ1) is 29.0. The predicted molar refractivity (Wildman–Crippen MR) is 151 cm³/mol. The van der Waals surface area contributed by atoms with Gasteiger partial charge in [0.05, 0.1) is 18.4 Å². The summed E-state index contributed by atoms with van der Waals surface area (Å²) in [5.41, 5.74) is 1.11. The summed E-state index contributed by atoms with van der Waals surface area (Å²) >= 11 is 0. The van der Waals surface area contributed by atoms with Crippen molar-refractivity contribution in [2.45, 2.75) is 71.9 Å². The van der Waals surface area contributed by atoms with Crippen LogP contribution in [0.4, 0.5) is 10.6 Å². The number of nitrogens with zero attached hydrogens (tertiary/aromatic N) is 4. The van der Waals surface area contributed by atoms with Gasteiger partial charge in [-0.3, -0.25) is 4.79 Å². The van der Waals surface area contributed by atoms with Crippen molar-refractivity contribution in [1.82, 2.24) is 24.8 Å². The first-order valence-corrected chi connectivity index (χ1v) is 15.9. The Balaban J connectivity index is 1.72. The van der Waals surface area contributed by atoms with Gasteiger partial charge >= 0.3 is 6.09 Å². The molecule has 11 heteroatoms. The molecule has 2 atom stereocenters. The van der Waals surface area contributed by atoms with Gasteiger partial charge in [-0.1, -0.05) is 0 Å². The Morgan fingerprint density at radius 2 is 1.97 bits per heavy atom. The van der Waals surface area contributed by atoms with Gasteiger partial charge in [0.1, 0.15) is 23.7 Å². The van der Waals surface area contributed by atoms with E-state index in [1.54, 1.807) is 17.3 Å². The van der Waals surface area contributed by atoms with Gasteiger partial charge in [-0.05, 0) is 66.2 Å². The minimum absolute atomic E-state index is 0.0249. The van der Waals surface area contributed by atoms with Crippen molar-refractivity contribution in [1.29, 1.82) is 0 Å². The maximum atomic E-state index is 12.8. The SMILES string of the molecule is CCNC(=O)c1cn(COCCS(C)(C)C)c2ncc(N[C@H]3CCN(C(=O)OC(C)(C)C)[C@H](C)C3)nc12. The highest BCUT2D eigenvalue weighted by Gasteiger charge is 2.32. The second kappa shape index (κ2) is 11.9. The molecule has 2 aromatic rings. The van der Waals surface area contributed by atoms with E-state index in [9.17, 15) is 9.59 Å². The molecule has 0 aromatic carbocycles. The molecule has 0 radical (unpaired) electrons. The Kier molecular flexibility index (Phi) is 9.33. The number of carbonyl (C=O) groups excluding carboxylic acids is 2. The number of hydrogen-bond acceptors (Lipinski definition) is 7. The number of ether oxygens (including phenoxy) is 2. The van der Waals surface area contributed by atoms with E-state index >= 15 is 0 Å². The van der Waals surface area contributed by atoms with E-state index in [1.165, 1.54) is 0 Å². The van der Waals surface area contributed by atoms with Crippen LogP contribution in [0.3, 0.4) is 0 Å². The quantitative estimate of drug-likeness (QED) is 0.465. The van der Waals surface area contributed by atoms with Gasteiger partial charge in [0.2, 0.25) is 0 Å². The van der Waals surface area contributed by atoms with Gasteiger partial charge in [-0.25, -0.2) is 24.8 Å². The van der Waals surface area contributed by atoms with Gasteiger partial charge in [0, 0.05) is 37.1 Å². The molecule has 3 rings (SSSR count). The summed E-state index contributed by atoms with van der Waals surface area (Å²) < 4.78 is 13.3. The second-order valence-electron chi connectivity index (χ2n) is 11.5. The number of carbonyl (C=O) groups is 2. The van der Waals surface area contributed by atoms with Crippen molar-refractivity contribution in [2.75, 3.05) is 49.5 Å².